The first kappa shape index (κ1) is 17.9. The Kier molecular flexibility index (Phi) is 5.50. The van der Waals surface area contributed by atoms with Crippen LogP contribution in [0.25, 0.3) is 0 Å². The molecule has 1 aromatic carbocycles. The second-order valence-electron chi connectivity index (χ2n) is 6.29. The zero-order valence-electron chi connectivity index (χ0n) is 14.8. The van der Waals surface area contributed by atoms with Crippen LogP contribution in [0.3, 0.4) is 0 Å². The Morgan fingerprint density at radius 1 is 1.38 bits per heavy atom. The maximum Gasteiger partial charge on any atom is 0.251 e. The van der Waals surface area contributed by atoms with E-state index in [4.69, 9.17) is 9.26 Å². The SMILES string of the molecule is COc1cccc(C(=O)NCCC(=O)N[C@H](C)c2nc(C3CC3)no2)c1. The number of ether oxygens (including phenoxy) is 1. The first-order valence-corrected chi connectivity index (χ1v) is 8.62. The van der Waals surface area contributed by atoms with Gasteiger partial charge in [-0.15, -0.1) is 0 Å². The lowest BCUT2D eigenvalue weighted by molar-refractivity contribution is -0.121. The van der Waals surface area contributed by atoms with Gasteiger partial charge in [-0.05, 0) is 38.0 Å². The monoisotopic (exact) mass is 358 g/mol. The number of nitrogens with one attached hydrogen (secondary N) is 2. The smallest absolute Gasteiger partial charge is 0.251 e. The molecule has 138 valence electrons. The number of benzene rings is 1. The van der Waals surface area contributed by atoms with E-state index in [1.54, 1.807) is 38.3 Å². The summed E-state index contributed by atoms with van der Waals surface area (Å²) in [6, 6.07) is 6.47. The van der Waals surface area contributed by atoms with Crippen molar-refractivity contribution in [1.29, 1.82) is 0 Å². The number of amides is 2. The molecule has 1 atom stereocenters. The molecule has 1 heterocycles. The van der Waals surface area contributed by atoms with Crippen molar-refractivity contribution < 1.29 is 18.8 Å². The summed E-state index contributed by atoms with van der Waals surface area (Å²) in [5, 5.41) is 9.44. The van der Waals surface area contributed by atoms with Gasteiger partial charge in [0.2, 0.25) is 11.8 Å². The average Bonchev–Trinajstić information content (AvgIpc) is 3.38. The van der Waals surface area contributed by atoms with Crippen molar-refractivity contribution in [3.05, 3.63) is 41.5 Å². The van der Waals surface area contributed by atoms with Crippen LogP contribution in [0.4, 0.5) is 0 Å². The van der Waals surface area contributed by atoms with E-state index in [2.05, 4.69) is 20.8 Å². The molecular formula is C18H22N4O4. The maximum absolute atomic E-state index is 12.1. The van der Waals surface area contributed by atoms with E-state index in [9.17, 15) is 9.59 Å². The van der Waals surface area contributed by atoms with Crippen molar-refractivity contribution in [2.24, 2.45) is 0 Å². The Bertz CT molecular complexity index is 785. The fourth-order valence-corrected chi connectivity index (χ4v) is 2.46. The highest BCUT2D eigenvalue weighted by Gasteiger charge is 2.29. The van der Waals surface area contributed by atoms with Crippen LogP contribution in [0.2, 0.25) is 0 Å². The lowest BCUT2D eigenvalue weighted by Crippen LogP contribution is -2.32. The number of carbonyl (C=O) groups is 2. The van der Waals surface area contributed by atoms with Gasteiger partial charge in [0.25, 0.3) is 5.91 Å². The molecule has 0 saturated heterocycles. The van der Waals surface area contributed by atoms with Crippen LogP contribution in [0.5, 0.6) is 5.75 Å². The van der Waals surface area contributed by atoms with Crippen molar-refractivity contribution >= 4 is 11.8 Å². The van der Waals surface area contributed by atoms with E-state index in [1.165, 1.54) is 0 Å². The Morgan fingerprint density at radius 2 is 2.19 bits per heavy atom. The van der Waals surface area contributed by atoms with Crippen LogP contribution in [0.15, 0.2) is 28.8 Å². The van der Waals surface area contributed by atoms with Gasteiger partial charge in [-0.3, -0.25) is 9.59 Å². The summed E-state index contributed by atoms with van der Waals surface area (Å²) in [5.74, 6) is 1.68. The molecule has 2 amide bonds. The van der Waals surface area contributed by atoms with Crippen molar-refractivity contribution in [1.82, 2.24) is 20.8 Å². The summed E-state index contributed by atoms with van der Waals surface area (Å²) in [4.78, 5) is 28.4. The molecule has 0 unspecified atom stereocenters. The van der Waals surface area contributed by atoms with Crippen LogP contribution < -0.4 is 15.4 Å². The molecule has 8 heteroatoms. The second-order valence-corrected chi connectivity index (χ2v) is 6.29. The Morgan fingerprint density at radius 3 is 2.92 bits per heavy atom. The molecule has 0 spiro atoms. The highest BCUT2D eigenvalue weighted by Crippen LogP contribution is 2.38. The number of rotatable bonds is 8. The third kappa shape index (κ3) is 4.59. The molecule has 0 radical (unpaired) electrons. The Hall–Kier alpha value is -2.90. The minimum Gasteiger partial charge on any atom is -0.497 e. The van der Waals surface area contributed by atoms with E-state index in [0.717, 1.165) is 12.8 Å². The number of methoxy groups -OCH3 is 1. The average molecular weight is 358 g/mol. The van der Waals surface area contributed by atoms with Gasteiger partial charge >= 0.3 is 0 Å². The number of hydrogen-bond acceptors (Lipinski definition) is 6. The molecule has 8 nitrogen and oxygen atoms in total. The summed E-state index contributed by atoms with van der Waals surface area (Å²) in [5.41, 5.74) is 0.483. The van der Waals surface area contributed by atoms with Gasteiger partial charge in [-0.25, -0.2) is 0 Å². The Labute approximate surface area is 151 Å². The zero-order valence-corrected chi connectivity index (χ0v) is 14.8. The van der Waals surface area contributed by atoms with Crippen LogP contribution in [-0.2, 0) is 4.79 Å². The van der Waals surface area contributed by atoms with Crippen LogP contribution in [-0.4, -0.2) is 35.6 Å². The Balaban J connectivity index is 1.42. The molecule has 1 saturated carbocycles. The van der Waals surface area contributed by atoms with Crippen molar-refractivity contribution in [2.45, 2.75) is 38.1 Å². The van der Waals surface area contributed by atoms with E-state index in [-0.39, 0.29) is 30.8 Å². The van der Waals surface area contributed by atoms with Crippen molar-refractivity contribution in [3.63, 3.8) is 0 Å². The van der Waals surface area contributed by atoms with Crippen molar-refractivity contribution in [2.75, 3.05) is 13.7 Å². The van der Waals surface area contributed by atoms with Crippen LogP contribution in [0.1, 0.15) is 60.2 Å². The topological polar surface area (TPSA) is 106 Å². The standard InChI is InChI=1S/C18H22N4O4/c1-11(18-21-16(22-26-18)12-6-7-12)20-15(23)8-9-19-17(24)13-4-3-5-14(10-13)25-2/h3-5,10-12H,6-9H2,1-2H3,(H,19,24)(H,20,23)/t11-/m1/s1. The fraction of sp³-hybridized carbons (Fsp3) is 0.444. The third-order valence-electron chi connectivity index (χ3n) is 4.12. The quantitative estimate of drug-likeness (QED) is 0.747. The molecular weight excluding hydrogens is 336 g/mol. The normalized spacial score (nSPS) is 14.5. The van der Waals surface area contributed by atoms with E-state index >= 15 is 0 Å². The lowest BCUT2D eigenvalue weighted by Gasteiger charge is -2.10. The third-order valence-corrected chi connectivity index (χ3v) is 4.12. The van der Waals surface area contributed by atoms with Gasteiger partial charge in [-0.1, -0.05) is 11.2 Å². The molecule has 1 fully saturated rings. The predicted molar refractivity (Wildman–Crippen MR) is 92.8 cm³/mol. The molecule has 1 aliphatic rings. The number of carbonyl (C=O) groups excluding carboxylic acids is 2. The van der Waals surface area contributed by atoms with E-state index in [0.29, 0.717) is 28.9 Å². The molecule has 2 N–H and O–H groups in total. The molecule has 1 aromatic heterocycles. The molecule has 3 rings (SSSR count). The highest BCUT2D eigenvalue weighted by molar-refractivity contribution is 5.94. The first-order chi connectivity index (χ1) is 12.6. The summed E-state index contributed by atoms with van der Waals surface area (Å²) in [7, 11) is 1.54. The fourth-order valence-electron chi connectivity index (χ4n) is 2.46. The summed E-state index contributed by atoms with van der Waals surface area (Å²) in [6.45, 7) is 2.02. The van der Waals surface area contributed by atoms with Gasteiger partial charge in [-0.2, -0.15) is 4.98 Å². The van der Waals surface area contributed by atoms with E-state index in [1.807, 2.05) is 0 Å². The minimum atomic E-state index is -0.364. The summed E-state index contributed by atoms with van der Waals surface area (Å²) < 4.78 is 10.3. The van der Waals surface area contributed by atoms with Gasteiger partial charge in [0.15, 0.2) is 5.82 Å². The zero-order chi connectivity index (χ0) is 18.5. The first-order valence-electron chi connectivity index (χ1n) is 8.62. The van der Waals surface area contributed by atoms with Crippen LogP contribution >= 0.6 is 0 Å². The predicted octanol–water partition coefficient (Wildman–Crippen LogP) is 1.95. The summed E-state index contributed by atoms with van der Waals surface area (Å²) >= 11 is 0. The van der Waals surface area contributed by atoms with Gasteiger partial charge < -0.3 is 19.9 Å². The van der Waals surface area contributed by atoms with Crippen molar-refractivity contribution in [3.8, 4) is 5.75 Å². The van der Waals surface area contributed by atoms with Gasteiger partial charge in [0, 0.05) is 24.4 Å². The minimum absolute atomic E-state index is 0.156. The number of hydrogen-bond donors (Lipinski definition) is 2. The summed E-state index contributed by atoms with van der Waals surface area (Å²) in [6.07, 6.45) is 2.34. The molecule has 0 aliphatic heterocycles. The largest absolute Gasteiger partial charge is 0.497 e. The lowest BCUT2D eigenvalue weighted by atomic mass is 10.2. The van der Waals surface area contributed by atoms with Gasteiger partial charge in [0.05, 0.1) is 7.11 Å². The molecule has 1 aliphatic carbocycles. The van der Waals surface area contributed by atoms with Gasteiger partial charge in [0.1, 0.15) is 11.8 Å². The molecule has 0 bridgehead atoms. The highest BCUT2D eigenvalue weighted by atomic mass is 16.5. The number of aromatic nitrogens is 2. The number of nitrogens with zero attached hydrogens (tertiary/aromatic N) is 2. The van der Waals surface area contributed by atoms with Crippen LogP contribution in [0, 0.1) is 0 Å². The molecule has 2 aromatic rings. The van der Waals surface area contributed by atoms with E-state index < -0.39 is 0 Å². The maximum atomic E-state index is 12.1. The second kappa shape index (κ2) is 7.99. The molecule has 26 heavy (non-hydrogen) atoms.